The summed E-state index contributed by atoms with van der Waals surface area (Å²) >= 11 is 0. The second-order valence-electron chi connectivity index (χ2n) is 8.35. The number of hydrogen-bond acceptors (Lipinski definition) is 5. The molecule has 2 aliphatic rings. The van der Waals surface area contributed by atoms with Crippen LogP contribution in [0.25, 0.3) is 11.3 Å². The summed E-state index contributed by atoms with van der Waals surface area (Å²) in [5.74, 6) is -1.18. The van der Waals surface area contributed by atoms with Crippen LogP contribution in [0.5, 0.6) is 5.75 Å². The highest BCUT2D eigenvalue weighted by Gasteiger charge is 2.65. The van der Waals surface area contributed by atoms with Crippen molar-refractivity contribution in [1.29, 1.82) is 0 Å². The number of aromatic hydroxyl groups is 1. The van der Waals surface area contributed by atoms with Crippen LogP contribution in [-0.4, -0.2) is 15.3 Å². The smallest absolute Gasteiger partial charge is 0.339 e. The molecule has 0 amide bonds. The van der Waals surface area contributed by atoms with E-state index in [1.165, 1.54) is 24.3 Å². The van der Waals surface area contributed by atoms with E-state index in [0.717, 1.165) is 18.1 Å². The van der Waals surface area contributed by atoms with Crippen molar-refractivity contribution < 1.29 is 18.3 Å². The zero-order valence-corrected chi connectivity index (χ0v) is 15.9. The topological polar surface area (TPSA) is 76.2 Å². The Hall–Kier alpha value is -3.09. The van der Waals surface area contributed by atoms with Crippen LogP contribution in [0.1, 0.15) is 49.6 Å². The number of fused-ring (bicyclic) bond motifs is 5. The Bertz CT molecular complexity index is 1200. The van der Waals surface area contributed by atoms with Crippen molar-refractivity contribution in [3.63, 3.8) is 0 Å². The van der Waals surface area contributed by atoms with Gasteiger partial charge in [0.15, 0.2) is 0 Å². The average molecular weight is 396 g/mol. The van der Waals surface area contributed by atoms with Crippen molar-refractivity contribution in [2.24, 2.45) is 5.41 Å². The quantitative estimate of drug-likeness (QED) is 0.700. The Morgan fingerprint density at radius 3 is 2.55 bits per heavy atom. The Labute approximate surface area is 165 Å². The van der Waals surface area contributed by atoms with Gasteiger partial charge in [-0.2, -0.15) is 5.10 Å². The van der Waals surface area contributed by atoms with Crippen LogP contribution in [0.2, 0.25) is 0 Å². The number of nitrogens with zero attached hydrogens (tertiary/aromatic N) is 2. The molecule has 2 aliphatic carbocycles. The maximum Gasteiger partial charge on any atom is 0.339 e. The molecule has 0 unspecified atom stereocenters. The van der Waals surface area contributed by atoms with E-state index < -0.39 is 22.7 Å². The first-order valence-electron chi connectivity index (χ1n) is 9.43. The zero-order chi connectivity index (χ0) is 20.6. The molecule has 0 saturated heterocycles. The summed E-state index contributed by atoms with van der Waals surface area (Å²) in [5.41, 5.74) is -0.367. The molecule has 148 valence electrons. The molecule has 0 spiro atoms. The predicted octanol–water partition coefficient (Wildman–Crippen LogP) is 4.28. The van der Waals surface area contributed by atoms with Crippen LogP contribution < -0.4 is 5.63 Å². The number of hydrogen-bond donors (Lipinski definition) is 1. The zero-order valence-electron chi connectivity index (χ0n) is 15.9. The first-order valence-corrected chi connectivity index (χ1v) is 9.43. The van der Waals surface area contributed by atoms with Gasteiger partial charge in [0.25, 0.3) is 0 Å². The van der Waals surface area contributed by atoms with Gasteiger partial charge in [-0.15, -0.1) is 5.10 Å². The van der Waals surface area contributed by atoms with E-state index in [0.29, 0.717) is 17.9 Å². The highest BCUT2D eigenvalue weighted by atomic mass is 19.1. The molecule has 1 aromatic carbocycles. The minimum absolute atomic E-state index is 0.0502. The Morgan fingerprint density at radius 1 is 1.14 bits per heavy atom. The molecule has 0 radical (unpaired) electrons. The van der Waals surface area contributed by atoms with Crippen molar-refractivity contribution in [2.75, 3.05) is 0 Å². The van der Waals surface area contributed by atoms with Crippen molar-refractivity contribution in [3.05, 3.63) is 75.5 Å². The number of aromatic nitrogens is 2. The van der Waals surface area contributed by atoms with E-state index in [4.69, 9.17) is 4.42 Å². The molecule has 3 aromatic rings. The molecule has 2 bridgehead atoms. The Kier molecular flexibility index (Phi) is 3.54. The second-order valence-corrected chi connectivity index (χ2v) is 8.35. The summed E-state index contributed by atoms with van der Waals surface area (Å²) in [6.45, 7) is 4.11. The highest BCUT2D eigenvalue weighted by Crippen LogP contribution is 2.69. The van der Waals surface area contributed by atoms with Gasteiger partial charge in [0, 0.05) is 6.07 Å². The fourth-order valence-corrected chi connectivity index (χ4v) is 5.41. The van der Waals surface area contributed by atoms with Crippen LogP contribution in [-0.2, 0) is 5.41 Å². The van der Waals surface area contributed by atoms with Crippen molar-refractivity contribution in [1.82, 2.24) is 10.2 Å². The standard InChI is InChI=1S/C22H18F2N2O3/c1-21(2)13-6-7-22(21,17-8-11(27)9-18(28)29-17)20-12(13)10-16(25-26-20)19-14(23)4-3-5-15(19)24/h3-5,8-10,13,27H,6-7H2,1-2H3/t13-,22-/m0/s1. The largest absolute Gasteiger partial charge is 0.508 e. The molecule has 1 N–H and O–H groups in total. The van der Waals surface area contributed by atoms with E-state index in [9.17, 15) is 18.7 Å². The van der Waals surface area contributed by atoms with Gasteiger partial charge in [0.2, 0.25) is 0 Å². The molecule has 1 saturated carbocycles. The van der Waals surface area contributed by atoms with Crippen LogP contribution in [0.4, 0.5) is 8.78 Å². The van der Waals surface area contributed by atoms with Crippen LogP contribution in [0, 0.1) is 17.0 Å². The van der Waals surface area contributed by atoms with Crippen molar-refractivity contribution in [2.45, 2.75) is 38.0 Å². The van der Waals surface area contributed by atoms with Crippen LogP contribution in [0.15, 0.2) is 45.6 Å². The molecule has 5 rings (SSSR count). The molecule has 7 heteroatoms. The molecule has 2 aromatic heterocycles. The van der Waals surface area contributed by atoms with Crippen LogP contribution >= 0.6 is 0 Å². The molecular formula is C22H18F2N2O3. The molecule has 2 heterocycles. The van der Waals surface area contributed by atoms with E-state index in [1.54, 1.807) is 6.07 Å². The minimum atomic E-state index is -0.746. The lowest BCUT2D eigenvalue weighted by atomic mass is 9.67. The maximum atomic E-state index is 14.3. The number of rotatable bonds is 2. The first kappa shape index (κ1) is 18.0. The van der Waals surface area contributed by atoms with Gasteiger partial charge in [0.1, 0.15) is 23.1 Å². The maximum absolute atomic E-state index is 14.3. The van der Waals surface area contributed by atoms with Gasteiger partial charge in [-0.3, -0.25) is 0 Å². The van der Waals surface area contributed by atoms with Crippen molar-refractivity contribution >= 4 is 0 Å². The molecule has 1 fully saturated rings. The van der Waals surface area contributed by atoms with Gasteiger partial charge in [-0.1, -0.05) is 19.9 Å². The molecular weight excluding hydrogens is 378 g/mol. The molecule has 0 aliphatic heterocycles. The average Bonchev–Trinajstić information content (AvgIpc) is 3.02. The summed E-state index contributed by atoms with van der Waals surface area (Å²) < 4.78 is 34.0. The molecule has 2 atom stereocenters. The van der Waals surface area contributed by atoms with E-state index in [1.807, 2.05) is 0 Å². The van der Waals surface area contributed by atoms with Gasteiger partial charge >= 0.3 is 5.63 Å². The Morgan fingerprint density at radius 2 is 1.86 bits per heavy atom. The number of halogens is 2. The molecule has 29 heavy (non-hydrogen) atoms. The third-order valence-electron chi connectivity index (χ3n) is 6.78. The SMILES string of the molecule is CC1(C)[C@H]2CC[C@]1(c1cc(O)cc(=O)o1)c1nnc(-c3c(F)cccc3F)cc12. The third-order valence-corrected chi connectivity index (χ3v) is 6.78. The Balaban J connectivity index is 1.76. The summed E-state index contributed by atoms with van der Waals surface area (Å²) in [7, 11) is 0. The van der Waals surface area contributed by atoms with Gasteiger partial charge < -0.3 is 9.52 Å². The highest BCUT2D eigenvalue weighted by molar-refractivity contribution is 5.64. The minimum Gasteiger partial charge on any atom is -0.508 e. The monoisotopic (exact) mass is 396 g/mol. The first-order chi connectivity index (χ1) is 13.8. The predicted molar refractivity (Wildman–Crippen MR) is 101 cm³/mol. The second kappa shape index (κ2) is 5.72. The van der Waals surface area contributed by atoms with Crippen molar-refractivity contribution in [3.8, 4) is 17.0 Å². The van der Waals surface area contributed by atoms with Crippen LogP contribution in [0.3, 0.4) is 0 Å². The number of benzene rings is 1. The summed E-state index contributed by atoms with van der Waals surface area (Å²) in [6.07, 6.45) is 1.47. The lowest BCUT2D eigenvalue weighted by Gasteiger charge is -2.36. The van der Waals surface area contributed by atoms with Gasteiger partial charge in [-0.05, 0) is 47.9 Å². The lowest BCUT2D eigenvalue weighted by molar-refractivity contribution is 0.205. The van der Waals surface area contributed by atoms with E-state index in [-0.39, 0.29) is 28.3 Å². The summed E-state index contributed by atoms with van der Waals surface area (Å²) in [5, 5.41) is 18.5. The molecule has 5 nitrogen and oxygen atoms in total. The van der Waals surface area contributed by atoms with E-state index >= 15 is 0 Å². The van der Waals surface area contributed by atoms with Gasteiger partial charge in [-0.25, -0.2) is 13.6 Å². The lowest BCUT2D eigenvalue weighted by Crippen LogP contribution is -2.37. The van der Waals surface area contributed by atoms with Gasteiger partial charge in [0.05, 0.1) is 28.4 Å². The third kappa shape index (κ3) is 2.21. The normalized spacial score (nSPS) is 23.9. The summed E-state index contributed by atoms with van der Waals surface area (Å²) in [4.78, 5) is 11.9. The fourth-order valence-electron chi connectivity index (χ4n) is 5.41. The van der Waals surface area contributed by atoms with E-state index in [2.05, 4.69) is 24.0 Å². The summed E-state index contributed by atoms with van der Waals surface area (Å²) in [6, 6.07) is 7.84. The fraction of sp³-hybridized carbons (Fsp3) is 0.318.